The smallest absolute Gasteiger partial charge is 0.243 e. The van der Waals surface area contributed by atoms with E-state index in [0.717, 1.165) is 4.31 Å². The molecule has 0 radical (unpaired) electrons. The molecule has 0 aliphatic carbocycles. The Hall–Kier alpha value is -1.51. The minimum absolute atomic E-state index is 0.0787. The highest BCUT2D eigenvalue weighted by molar-refractivity contribution is 7.89. The van der Waals surface area contributed by atoms with Crippen LogP contribution < -0.4 is 11.5 Å². The second-order valence-electron chi connectivity index (χ2n) is 4.95. The number of carbonyl (C=O) groups excluding carboxylic acids is 1. The third-order valence-electron chi connectivity index (χ3n) is 2.96. The van der Waals surface area contributed by atoms with E-state index in [9.17, 15) is 13.2 Å². The molecule has 0 spiro atoms. The average Bonchev–Trinajstić information content (AvgIpc) is 2.34. The van der Waals surface area contributed by atoms with Crippen LogP contribution in [0.2, 0.25) is 0 Å². The zero-order chi connectivity index (χ0) is 16.4. The average molecular weight is 329 g/mol. The number of nitrogens with two attached hydrogens (primary N) is 2. The second-order valence-corrected chi connectivity index (χ2v) is 7.28. The van der Waals surface area contributed by atoms with E-state index in [2.05, 4.69) is 0 Å². The Morgan fingerprint density at radius 1 is 1.33 bits per heavy atom. The quantitative estimate of drug-likeness (QED) is 0.740. The van der Waals surface area contributed by atoms with Crippen LogP contribution in [0.4, 0.5) is 0 Å². The van der Waals surface area contributed by atoms with Gasteiger partial charge in [0.05, 0.1) is 11.4 Å². The van der Waals surface area contributed by atoms with Crippen molar-refractivity contribution in [3.05, 3.63) is 29.3 Å². The summed E-state index contributed by atoms with van der Waals surface area (Å²) >= 11 is 4.89. The zero-order valence-electron chi connectivity index (χ0n) is 12.2. The molecule has 6 nitrogen and oxygen atoms in total. The molecule has 0 aliphatic heterocycles. The van der Waals surface area contributed by atoms with Gasteiger partial charge in [-0.05, 0) is 38.5 Å². The highest BCUT2D eigenvalue weighted by atomic mass is 32.2. The first-order valence-corrected chi connectivity index (χ1v) is 8.12. The van der Waals surface area contributed by atoms with Gasteiger partial charge in [0.2, 0.25) is 15.9 Å². The summed E-state index contributed by atoms with van der Waals surface area (Å²) in [6, 6.07) is 4.08. The van der Waals surface area contributed by atoms with Crippen LogP contribution in [0.1, 0.15) is 25.0 Å². The number of sulfonamides is 1. The number of rotatable bonds is 6. The van der Waals surface area contributed by atoms with E-state index in [1.54, 1.807) is 26.8 Å². The lowest BCUT2D eigenvalue weighted by Crippen LogP contribution is -2.42. The van der Waals surface area contributed by atoms with E-state index >= 15 is 0 Å². The maximum Gasteiger partial charge on any atom is 0.243 e. The maximum atomic E-state index is 12.6. The summed E-state index contributed by atoms with van der Waals surface area (Å²) in [6.45, 7) is 4.71. The molecule has 1 aromatic rings. The summed E-state index contributed by atoms with van der Waals surface area (Å²) in [4.78, 5) is 11.4. The molecule has 1 rings (SSSR count). The molecule has 116 valence electrons. The van der Waals surface area contributed by atoms with E-state index in [1.165, 1.54) is 12.1 Å². The molecule has 0 aromatic heterocycles. The minimum Gasteiger partial charge on any atom is -0.389 e. The summed E-state index contributed by atoms with van der Waals surface area (Å²) in [6.07, 6.45) is 0. The van der Waals surface area contributed by atoms with Gasteiger partial charge in [-0.2, -0.15) is 4.31 Å². The van der Waals surface area contributed by atoms with Gasteiger partial charge in [-0.3, -0.25) is 4.79 Å². The third kappa shape index (κ3) is 3.99. The van der Waals surface area contributed by atoms with Gasteiger partial charge in [0.15, 0.2) is 0 Å². The van der Waals surface area contributed by atoms with Gasteiger partial charge in [-0.25, -0.2) is 8.42 Å². The van der Waals surface area contributed by atoms with Crippen LogP contribution in [0.3, 0.4) is 0 Å². The van der Waals surface area contributed by atoms with Crippen molar-refractivity contribution in [2.45, 2.75) is 31.7 Å². The predicted molar refractivity (Wildman–Crippen MR) is 85.3 cm³/mol. The van der Waals surface area contributed by atoms with Gasteiger partial charge in [-0.1, -0.05) is 18.3 Å². The third-order valence-corrected chi connectivity index (χ3v) is 5.20. The number of amides is 1. The minimum atomic E-state index is -3.81. The number of hydrogen-bond acceptors (Lipinski definition) is 4. The molecule has 0 aliphatic rings. The molecule has 1 amide bonds. The van der Waals surface area contributed by atoms with Crippen LogP contribution in [-0.4, -0.2) is 36.2 Å². The Bertz CT molecular complexity index is 669. The number of primary amides is 1. The van der Waals surface area contributed by atoms with E-state index in [-0.39, 0.29) is 16.4 Å². The van der Waals surface area contributed by atoms with E-state index < -0.39 is 22.0 Å². The molecule has 4 N–H and O–H groups in total. The summed E-state index contributed by atoms with van der Waals surface area (Å²) in [5.74, 6) is -0.705. The van der Waals surface area contributed by atoms with E-state index in [0.29, 0.717) is 11.1 Å². The van der Waals surface area contributed by atoms with Crippen LogP contribution in [0.15, 0.2) is 23.1 Å². The SMILES string of the molecule is Cc1cc(S(=O)(=O)N(CC(N)=O)C(C)C)ccc1C(N)=S. The first kappa shape index (κ1) is 17.5. The lowest BCUT2D eigenvalue weighted by molar-refractivity contribution is -0.118. The van der Waals surface area contributed by atoms with Crippen molar-refractivity contribution in [2.75, 3.05) is 6.54 Å². The largest absolute Gasteiger partial charge is 0.389 e. The lowest BCUT2D eigenvalue weighted by Gasteiger charge is -2.24. The number of benzene rings is 1. The molecule has 0 heterocycles. The highest BCUT2D eigenvalue weighted by Gasteiger charge is 2.28. The van der Waals surface area contributed by atoms with Crippen LogP contribution in [0, 0.1) is 6.92 Å². The van der Waals surface area contributed by atoms with Gasteiger partial charge < -0.3 is 11.5 Å². The fourth-order valence-corrected chi connectivity index (χ4v) is 3.82. The fraction of sp³-hybridized carbons (Fsp3) is 0.385. The first-order valence-electron chi connectivity index (χ1n) is 6.28. The van der Waals surface area contributed by atoms with Gasteiger partial charge in [0.25, 0.3) is 0 Å². The molecule has 0 fully saturated rings. The van der Waals surface area contributed by atoms with Crippen LogP contribution in [0.5, 0.6) is 0 Å². The number of thiocarbonyl (C=S) groups is 1. The summed E-state index contributed by atoms with van der Waals surface area (Å²) < 4.78 is 26.3. The fourth-order valence-electron chi connectivity index (χ4n) is 1.91. The Balaban J connectivity index is 3.32. The van der Waals surface area contributed by atoms with E-state index in [1.807, 2.05) is 0 Å². The zero-order valence-corrected chi connectivity index (χ0v) is 13.8. The standard InChI is InChI=1S/C13H19N3O3S2/c1-8(2)16(7-12(14)17)21(18,19)10-4-5-11(13(15)20)9(3)6-10/h4-6,8H,7H2,1-3H3,(H2,14,17)(H2,15,20). The Kier molecular flexibility index (Phi) is 5.43. The molecular weight excluding hydrogens is 310 g/mol. The van der Waals surface area contributed by atoms with Gasteiger partial charge >= 0.3 is 0 Å². The molecule has 0 unspecified atom stereocenters. The number of nitrogens with zero attached hydrogens (tertiary/aromatic N) is 1. The summed E-state index contributed by atoms with van der Waals surface area (Å²) in [5, 5.41) is 0. The molecule has 0 bridgehead atoms. The number of hydrogen-bond donors (Lipinski definition) is 2. The highest BCUT2D eigenvalue weighted by Crippen LogP contribution is 2.21. The summed E-state index contributed by atoms with van der Waals surface area (Å²) in [7, 11) is -3.81. The van der Waals surface area contributed by atoms with Crippen LogP contribution in [-0.2, 0) is 14.8 Å². The topological polar surface area (TPSA) is 106 Å². The summed E-state index contributed by atoms with van der Waals surface area (Å²) in [5.41, 5.74) is 12.0. The van der Waals surface area contributed by atoms with Crippen LogP contribution in [0.25, 0.3) is 0 Å². The number of carbonyl (C=O) groups is 1. The van der Waals surface area contributed by atoms with Gasteiger partial charge in [0.1, 0.15) is 4.99 Å². The normalized spacial score (nSPS) is 11.9. The molecule has 0 saturated carbocycles. The molecule has 21 heavy (non-hydrogen) atoms. The molecule has 0 atom stereocenters. The van der Waals surface area contributed by atoms with Crippen molar-refractivity contribution in [2.24, 2.45) is 11.5 Å². The molecular formula is C13H19N3O3S2. The monoisotopic (exact) mass is 329 g/mol. The predicted octanol–water partition coefficient (Wildman–Crippen LogP) is 0.514. The van der Waals surface area contributed by atoms with E-state index in [4.69, 9.17) is 23.7 Å². The number of aryl methyl sites for hydroxylation is 1. The second kappa shape index (κ2) is 6.50. The van der Waals surface area contributed by atoms with Crippen molar-refractivity contribution in [1.29, 1.82) is 0 Å². The Labute approximate surface area is 130 Å². The van der Waals surface area contributed by atoms with Crippen molar-refractivity contribution in [3.8, 4) is 0 Å². The Morgan fingerprint density at radius 3 is 2.29 bits per heavy atom. The molecule has 1 aromatic carbocycles. The van der Waals surface area contributed by atoms with Crippen molar-refractivity contribution in [3.63, 3.8) is 0 Å². The molecule has 8 heteroatoms. The Morgan fingerprint density at radius 2 is 1.90 bits per heavy atom. The van der Waals surface area contributed by atoms with Crippen molar-refractivity contribution >= 4 is 33.1 Å². The first-order chi connectivity index (χ1) is 9.57. The molecule has 0 saturated heterocycles. The van der Waals surface area contributed by atoms with Gasteiger partial charge in [-0.15, -0.1) is 0 Å². The maximum absolute atomic E-state index is 12.6. The van der Waals surface area contributed by atoms with Crippen LogP contribution >= 0.6 is 12.2 Å². The lowest BCUT2D eigenvalue weighted by atomic mass is 10.1. The van der Waals surface area contributed by atoms with Gasteiger partial charge in [0, 0.05) is 11.6 Å². The van der Waals surface area contributed by atoms with Crippen molar-refractivity contribution < 1.29 is 13.2 Å². The van der Waals surface area contributed by atoms with Crippen molar-refractivity contribution in [1.82, 2.24) is 4.31 Å².